The standard InChI is InChI=1S/C14H17BrN2O3S/c1-3-9-20-13-10-11(5-6-12(13)15)21(18,19)17-8-7-16-14(17)4-2/h5-8,10H,3-4,9H2,1-2H3. The molecule has 0 bridgehead atoms. The number of halogens is 1. The molecule has 0 radical (unpaired) electrons. The summed E-state index contributed by atoms with van der Waals surface area (Å²) in [6.07, 6.45) is 4.35. The molecular formula is C14H17BrN2O3S. The van der Waals surface area contributed by atoms with E-state index in [2.05, 4.69) is 20.9 Å². The number of imidazole rings is 1. The van der Waals surface area contributed by atoms with Crippen molar-refractivity contribution in [1.82, 2.24) is 8.96 Å². The van der Waals surface area contributed by atoms with Crippen LogP contribution < -0.4 is 4.74 Å². The van der Waals surface area contributed by atoms with Gasteiger partial charge in [0.1, 0.15) is 11.6 Å². The highest BCUT2D eigenvalue weighted by Crippen LogP contribution is 2.29. The van der Waals surface area contributed by atoms with Crippen molar-refractivity contribution in [3.63, 3.8) is 0 Å². The molecule has 0 aliphatic carbocycles. The number of nitrogens with zero attached hydrogens (tertiary/aromatic N) is 2. The van der Waals surface area contributed by atoms with Crippen molar-refractivity contribution in [3.05, 3.63) is 40.9 Å². The first-order valence-corrected chi connectivity index (χ1v) is 8.94. The van der Waals surface area contributed by atoms with Crippen LogP contribution in [0.25, 0.3) is 0 Å². The van der Waals surface area contributed by atoms with Gasteiger partial charge in [-0.1, -0.05) is 13.8 Å². The Morgan fingerprint density at radius 1 is 1.33 bits per heavy atom. The van der Waals surface area contributed by atoms with Gasteiger partial charge in [0.05, 0.1) is 16.0 Å². The summed E-state index contributed by atoms with van der Waals surface area (Å²) in [4.78, 5) is 4.24. The second-order valence-corrected chi connectivity index (χ2v) is 7.11. The van der Waals surface area contributed by atoms with Crippen molar-refractivity contribution in [2.45, 2.75) is 31.6 Å². The Hall–Kier alpha value is -1.34. The van der Waals surface area contributed by atoms with E-state index in [1.165, 1.54) is 22.4 Å². The molecule has 0 amide bonds. The second-order valence-electron chi connectivity index (χ2n) is 4.44. The zero-order chi connectivity index (χ0) is 15.5. The van der Waals surface area contributed by atoms with E-state index in [-0.39, 0.29) is 4.90 Å². The molecule has 0 saturated heterocycles. The van der Waals surface area contributed by atoms with Crippen LogP contribution in [0.4, 0.5) is 0 Å². The van der Waals surface area contributed by atoms with Gasteiger partial charge < -0.3 is 4.74 Å². The molecule has 0 aliphatic rings. The van der Waals surface area contributed by atoms with Crippen LogP contribution in [-0.2, 0) is 16.4 Å². The predicted octanol–water partition coefficient (Wildman–Crippen LogP) is 3.23. The summed E-state index contributed by atoms with van der Waals surface area (Å²) in [7, 11) is -3.65. The van der Waals surface area contributed by atoms with Crippen molar-refractivity contribution in [2.24, 2.45) is 0 Å². The molecule has 0 N–H and O–H groups in total. The number of ether oxygens (including phenoxy) is 1. The third-order valence-corrected chi connectivity index (χ3v) is 5.27. The largest absolute Gasteiger partial charge is 0.492 e. The van der Waals surface area contributed by atoms with Crippen molar-refractivity contribution < 1.29 is 13.2 Å². The molecule has 0 unspecified atom stereocenters. The zero-order valence-electron chi connectivity index (χ0n) is 11.9. The average Bonchev–Trinajstić information content (AvgIpc) is 2.95. The summed E-state index contributed by atoms with van der Waals surface area (Å²) >= 11 is 3.37. The lowest BCUT2D eigenvalue weighted by atomic mass is 10.3. The van der Waals surface area contributed by atoms with Gasteiger partial charge in [-0.25, -0.2) is 17.4 Å². The maximum Gasteiger partial charge on any atom is 0.269 e. The highest BCUT2D eigenvalue weighted by molar-refractivity contribution is 9.10. The van der Waals surface area contributed by atoms with Crippen LogP contribution in [0, 0.1) is 0 Å². The van der Waals surface area contributed by atoms with Crippen molar-refractivity contribution in [1.29, 1.82) is 0 Å². The van der Waals surface area contributed by atoms with Crippen LogP contribution >= 0.6 is 15.9 Å². The van der Waals surface area contributed by atoms with E-state index >= 15 is 0 Å². The summed E-state index contributed by atoms with van der Waals surface area (Å²) in [5.74, 6) is 1.03. The van der Waals surface area contributed by atoms with Gasteiger partial charge in [-0.2, -0.15) is 0 Å². The third-order valence-electron chi connectivity index (χ3n) is 2.92. The number of hydrogen-bond donors (Lipinski definition) is 0. The van der Waals surface area contributed by atoms with E-state index in [9.17, 15) is 8.42 Å². The third kappa shape index (κ3) is 3.29. The molecule has 21 heavy (non-hydrogen) atoms. The predicted molar refractivity (Wildman–Crippen MR) is 84.1 cm³/mol. The quantitative estimate of drug-likeness (QED) is 0.780. The summed E-state index contributed by atoms with van der Waals surface area (Å²) in [6, 6.07) is 4.77. The van der Waals surface area contributed by atoms with Crippen LogP contribution in [0.1, 0.15) is 26.1 Å². The molecule has 0 fully saturated rings. The van der Waals surface area contributed by atoms with Crippen LogP contribution in [0.2, 0.25) is 0 Å². The fourth-order valence-corrected chi connectivity index (χ4v) is 3.62. The van der Waals surface area contributed by atoms with E-state index in [1.807, 2.05) is 13.8 Å². The lowest BCUT2D eigenvalue weighted by Gasteiger charge is -2.11. The maximum atomic E-state index is 12.7. The van der Waals surface area contributed by atoms with Crippen molar-refractivity contribution in [2.75, 3.05) is 6.61 Å². The van der Waals surface area contributed by atoms with Crippen LogP contribution in [0.15, 0.2) is 40.0 Å². The van der Waals surface area contributed by atoms with Crippen LogP contribution in [0.3, 0.4) is 0 Å². The highest BCUT2D eigenvalue weighted by Gasteiger charge is 2.21. The molecule has 7 heteroatoms. The van der Waals surface area contributed by atoms with Gasteiger partial charge >= 0.3 is 0 Å². The number of hydrogen-bond acceptors (Lipinski definition) is 4. The van der Waals surface area contributed by atoms with Gasteiger partial charge in [-0.05, 0) is 34.5 Å². The minimum absolute atomic E-state index is 0.185. The van der Waals surface area contributed by atoms with E-state index in [1.54, 1.807) is 12.1 Å². The molecule has 0 saturated carbocycles. The summed E-state index contributed by atoms with van der Waals surface area (Å²) in [5.41, 5.74) is 0. The smallest absolute Gasteiger partial charge is 0.269 e. The lowest BCUT2D eigenvalue weighted by molar-refractivity contribution is 0.314. The molecular weight excluding hydrogens is 356 g/mol. The first-order valence-electron chi connectivity index (χ1n) is 6.70. The molecule has 0 atom stereocenters. The van der Waals surface area contributed by atoms with Gasteiger partial charge in [0.25, 0.3) is 10.0 Å². The lowest BCUT2D eigenvalue weighted by Crippen LogP contribution is -2.15. The molecule has 2 rings (SSSR count). The maximum absolute atomic E-state index is 12.7. The van der Waals surface area contributed by atoms with E-state index in [0.29, 0.717) is 24.6 Å². The van der Waals surface area contributed by atoms with Crippen LogP contribution in [-0.4, -0.2) is 24.0 Å². The minimum Gasteiger partial charge on any atom is -0.492 e. The number of aryl methyl sites for hydroxylation is 1. The Kier molecular flexibility index (Phi) is 5.05. The fourth-order valence-electron chi connectivity index (χ4n) is 1.87. The van der Waals surface area contributed by atoms with Gasteiger partial charge in [0.2, 0.25) is 0 Å². The summed E-state index contributed by atoms with van der Waals surface area (Å²) in [6.45, 7) is 4.40. The number of benzene rings is 1. The molecule has 0 aliphatic heterocycles. The van der Waals surface area contributed by atoms with Gasteiger partial charge in [0.15, 0.2) is 0 Å². The average molecular weight is 373 g/mol. The molecule has 2 aromatic rings. The van der Waals surface area contributed by atoms with Gasteiger partial charge in [-0.3, -0.25) is 0 Å². The van der Waals surface area contributed by atoms with E-state index in [4.69, 9.17) is 4.74 Å². The number of rotatable bonds is 6. The van der Waals surface area contributed by atoms with Gasteiger partial charge in [-0.15, -0.1) is 0 Å². The molecule has 1 aromatic carbocycles. The van der Waals surface area contributed by atoms with Crippen molar-refractivity contribution >= 4 is 26.0 Å². The first-order chi connectivity index (χ1) is 10.0. The Morgan fingerprint density at radius 2 is 2.10 bits per heavy atom. The highest BCUT2D eigenvalue weighted by atomic mass is 79.9. The van der Waals surface area contributed by atoms with Crippen molar-refractivity contribution in [3.8, 4) is 5.75 Å². The topological polar surface area (TPSA) is 61.2 Å². The zero-order valence-corrected chi connectivity index (χ0v) is 14.3. The Bertz CT molecular complexity index is 726. The van der Waals surface area contributed by atoms with E-state index < -0.39 is 10.0 Å². The fraction of sp³-hybridized carbons (Fsp3) is 0.357. The Morgan fingerprint density at radius 3 is 2.76 bits per heavy atom. The Balaban J connectivity index is 2.45. The van der Waals surface area contributed by atoms with Crippen LogP contribution in [0.5, 0.6) is 5.75 Å². The number of aromatic nitrogens is 2. The molecule has 1 aromatic heterocycles. The monoisotopic (exact) mass is 372 g/mol. The summed E-state index contributed by atoms with van der Waals surface area (Å²) < 4.78 is 32.8. The SMILES string of the molecule is CCCOc1cc(S(=O)(=O)n2ccnc2CC)ccc1Br. The molecule has 0 spiro atoms. The molecule has 114 valence electrons. The Labute approximate surface area is 133 Å². The first kappa shape index (κ1) is 16.0. The normalized spacial score (nSPS) is 11.6. The molecule has 5 nitrogen and oxygen atoms in total. The van der Waals surface area contributed by atoms with E-state index in [0.717, 1.165) is 10.9 Å². The molecule has 1 heterocycles. The minimum atomic E-state index is -3.65. The van der Waals surface area contributed by atoms with Gasteiger partial charge in [0, 0.05) is 24.9 Å². The second kappa shape index (κ2) is 6.62. The summed E-state index contributed by atoms with van der Waals surface area (Å²) in [5, 5.41) is 0.